The molecule has 0 spiro atoms. The number of aliphatic carboxylic acids is 2. The number of carbonyl (C=O) groups is 3. The van der Waals surface area contributed by atoms with E-state index in [9.17, 15) is 14.4 Å². The van der Waals surface area contributed by atoms with Crippen LogP contribution < -0.4 is 10.6 Å². The number of carboxylic acids is 2. The highest BCUT2D eigenvalue weighted by Gasteiger charge is 2.20. The molecule has 0 radical (unpaired) electrons. The van der Waals surface area contributed by atoms with Crippen molar-refractivity contribution >= 4 is 23.8 Å². The van der Waals surface area contributed by atoms with Gasteiger partial charge in [-0.1, -0.05) is 0 Å². The molecule has 2 amide bonds. The molecule has 1 atom stereocenters. The van der Waals surface area contributed by atoms with Crippen LogP contribution in [0.1, 0.15) is 12.8 Å². The summed E-state index contributed by atoms with van der Waals surface area (Å²) in [5.74, 6) is -2.29. The van der Waals surface area contributed by atoms with Crippen LogP contribution >= 0.6 is 0 Å². The van der Waals surface area contributed by atoms with Crippen LogP contribution in [0.4, 0.5) is 10.6 Å². The number of amides is 2. The van der Waals surface area contributed by atoms with Crippen LogP contribution in [-0.4, -0.2) is 44.2 Å². The van der Waals surface area contributed by atoms with Gasteiger partial charge < -0.3 is 15.5 Å². The lowest BCUT2D eigenvalue weighted by Crippen LogP contribution is -2.43. The van der Waals surface area contributed by atoms with E-state index in [0.29, 0.717) is 0 Å². The van der Waals surface area contributed by atoms with E-state index in [2.05, 4.69) is 20.6 Å². The second-order valence-corrected chi connectivity index (χ2v) is 3.51. The van der Waals surface area contributed by atoms with Crippen molar-refractivity contribution in [3.05, 3.63) is 18.6 Å². The second-order valence-electron chi connectivity index (χ2n) is 3.51. The highest BCUT2D eigenvalue weighted by molar-refractivity contribution is 5.91. The summed E-state index contributed by atoms with van der Waals surface area (Å²) in [5, 5.41) is 21.7. The fourth-order valence-electron chi connectivity index (χ4n) is 1.20. The molecule has 1 rings (SSSR count). The van der Waals surface area contributed by atoms with E-state index in [1.165, 1.54) is 18.6 Å². The van der Waals surface area contributed by atoms with Gasteiger partial charge in [-0.15, -0.1) is 0 Å². The fraction of sp³-hybridized carbons (Fsp3) is 0.300. The number of urea groups is 1. The van der Waals surface area contributed by atoms with E-state index in [1.54, 1.807) is 0 Å². The molecule has 1 unspecified atom stereocenters. The maximum atomic E-state index is 11.5. The van der Waals surface area contributed by atoms with Crippen LogP contribution in [0.25, 0.3) is 0 Å². The Labute approximate surface area is 107 Å². The summed E-state index contributed by atoms with van der Waals surface area (Å²) in [7, 11) is 0. The Bertz CT molecular complexity index is 464. The van der Waals surface area contributed by atoms with Gasteiger partial charge in [0.25, 0.3) is 0 Å². The average Bonchev–Trinajstić information content (AvgIpc) is 2.35. The largest absolute Gasteiger partial charge is 0.481 e. The molecule has 9 nitrogen and oxygen atoms in total. The summed E-state index contributed by atoms with van der Waals surface area (Å²) in [4.78, 5) is 40.2. The number of nitrogens with zero attached hydrogens (tertiary/aromatic N) is 2. The molecule has 0 saturated heterocycles. The minimum atomic E-state index is -1.31. The third-order valence-corrected chi connectivity index (χ3v) is 2.06. The highest BCUT2D eigenvalue weighted by atomic mass is 16.4. The molecule has 0 saturated carbocycles. The van der Waals surface area contributed by atoms with Crippen molar-refractivity contribution in [2.24, 2.45) is 0 Å². The predicted molar refractivity (Wildman–Crippen MR) is 62.5 cm³/mol. The van der Waals surface area contributed by atoms with Crippen LogP contribution in [0.5, 0.6) is 0 Å². The monoisotopic (exact) mass is 268 g/mol. The van der Waals surface area contributed by atoms with Crippen LogP contribution in [0.3, 0.4) is 0 Å². The molecular formula is C10H12N4O5. The molecule has 4 N–H and O–H groups in total. The fourth-order valence-corrected chi connectivity index (χ4v) is 1.20. The van der Waals surface area contributed by atoms with E-state index in [4.69, 9.17) is 10.2 Å². The van der Waals surface area contributed by atoms with Gasteiger partial charge in [-0.2, -0.15) is 0 Å². The second kappa shape index (κ2) is 6.89. The smallest absolute Gasteiger partial charge is 0.326 e. The van der Waals surface area contributed by atoms with Crippen molar-refractivity contribution in [3.63, 3.8) is 0 Å². The van der Waals surface area contributed by atoms with Gasteiger partial charge in [-0.05, 0) is 6.42 Å². The van der Waals surface area contributed by atoms with Gasteiger partial charge in [-0.25, -0.2) is 14.6 Å². The van der Waals surface area contributed by atoms with E-state index >= 15 is 0 Å². The molecule has 19 heavy (non-hydrogen) atoms. The predicted octanol–water partition coefficient (Wildman–Crippen LogP) is -0.0839. The minimum absolute atomic E-state index is 0.155. The first-order valence-electron chi connectivity index (χ1n) is 5.27. The lowest BCUT2D eigenvalue weighted by Gasteiger charge is -2.13. The lowest BCUT2D eigenvalue weighted by atomic mass is 10.1. The maximum absolute atomic E-state index is 11.5. The van der Waals surface area contributed by atoms with Gasteiger partial charge in [0.1, 0.15) is 6.04 Å². The van der Waals surface area contributed by atoms with Gasteiger partial charge in [0.05, 0.1) is 6.20 Å². The number of hydrogen-bond donors (Lipinski definition) is 4. The zero-order valence-electron chi connectivity index (χ0n) is 9.74. The number of rotatable bonds is 6. The number of carboxylic acid groups (broad SMARTS) is 2. The van der Waals surface area contributed by atoms with Gasteiger partial charge in [0.2, 0.25) is 0 Å². The standard InChI is InChI=1S/C10H12N4O5/c15-8(16)2-1-6(9(17)18)13-10(19)14-7-5-11-3-4-12-7/h3-6H,1-2H2,(H,15,16)(H,17,18)(H2,12,13,14,19). The number of aromatic nitrogens is 2. The Morgan fingerprint density at radius 3 is 2.53 bits per heavy atom. The van der Waals surface area contributed by atoms with Gasteiger partial charge in [0.15, 0.2) is 5.82 Å². The summed E-state index contributed by atoms with van der Waals surface area (Å²) in [6, 6.07) is -2.08. The molecule has 0 fully saturated rings. The first-order chi connectivity index (χ1) is 8.99. The van der Waals surface area contributed by atoms with E-state index < -0.39 is 24.0 Å². The van der Waals surface area contributed by atoms with Crippen LogP contribution in [-0.2, 0) is 9.59 Å². The van der Waals surface area contributed by atoms with Crippen LogP contribution in [0, 0.1) is 0 Å². The third kappa shape index (κ3) is 5.44. The van der Waals surface area contributed by atoms with Crippen molar-refractivity contribution in [2.75, 3.05) is 5.32 Å². The number of hydrogen-bond acceptors (Lipinski definition) is 5. The Kier molecular flexibility index (Phi) is 5.20. The molecule has 0 aliphatic carbocycles. The summed E-state index contributed by atoms with van der Waals surface area (Å²) in [6.45, 7) is 0. The summed E-state index contributed by atoms with van der Waals surface area (Å²) in [6.07, 6.45) is 3.48. The average molecular weight is 268 g/mol. The van der Waals surface area contributed by atoms with E-state index in [1.807, 2.05) is 0 Å². The summed E-state index contributed by atoms with van der Waals surface area (Å²) >= 11 is 0. The number of carbonyl (C=O) groups excluding carboxylic acids is 1. The van der Waals surface area contributed by atoms with Crippen LogP contribution in [0.15, 0.2) is 18.6 Å². The summed E-state index contributed by atoms with van der Waals surface area (Å²) < 4.78 is 0. The first-order valence-corrected chi connectivity index (χ1v) is 5.27. The molecule has 1 aromatic rings. The zero-order chi connectivity index (χ0) is 14.3. The quantitative estimate of drug-likeness (QED) is 0.565. The Morgan fingerprint density at radius 2 is 2.00 bits per heavy atom. The SMILES string of the molecule is O=C(O)CCC(NC(=O)Nc1cnccn1)C(=O)O. The Morgan fingerprint density at radius 1 is 1.26 bits per heavy atom. The van der Waals surface area contributed by atoms with Crippen molar-refractivity contribution in [3.8, 4) is 0 Å². The number of anilines is 1. The molecule has 9 heteroatoms. The molecule has 102 valence electrons. The van der Waals surface area contributed by atoms with E-state index in [-0.39, 0.29) is 18.7 Å². The van der Waals surface area contributed by atoms with Crippen LogP contribution in [0.2, 0.25) is 0 Å². The Hall–Kier alpha value is -2.71. The molecule has 1 aromatic heterocycles. The third-order valence-electron chi connectivity index (χ3n) is 2.06. The summed E-state index contributed by atoms with van der Waals surface area (Å²) in [5.41, 5.74) is 0. The highest BCUT2D eigenvalue weighted by Crippen LogP contribution is 2.00. The lowest BCUT2D eigenvalue weighted by molar-refractivity contribution is -0.140. The van der Waals surface area contributed by atoms with E-state index in [0.717, 1.165) is 0 Å². The molecule has 0 aliphatic heterocycles. The van der Waals surface area contributed by atoms with Crippen molar-refractivity contribution in [2.45, 2.75) is 18.9 Å². The van der Waals surface area contributed by atoms with Crippen molar-refractivity contribution in [1.82, 2.24) is 15.3 Å². The van der Waals surface area contributed by atoms with Gasteiger partial charge in [-0.3, -0.25) is 15.1 Å². The van der Waals surface area contributed by atoms with Gasteiger partial charge >= 0.3 is 18.0 Å². The normalized spacial score (nSPS) is 11.4. The maximum Gasteiger partial charge on any atom is 0.326 e. The molecule has 1 heterocycles. The molecular weight excluding hydrogens is 256 g/mol. The molecule has 0 aromatic carbocycles. The molecule has 0 aliphatic rings. The van der Waals surface area contributed by atoms with Crippen molar-refractivity contribution in [1.29, 1.82) is 0 Å². The molecule has 0 bridgehead atoms. The first kappa shape index (κ1) is 14.4. The number of nitrogens with one attached hydrogen (secondary N) is 2. The Balaban J connectivity index is 2.52. The van der Waals surface area contributed by atoms with Crippen molar-refractivity contribution < 1.29 is 24.6 Å². The minimum Gasteiger partial charge on any atom is -0.481 e. The topological polar surface area (TPSA) is 142 Å². The zero-order valence-corrected chi connectivity index (χ0v) is 9.74. The van der Waals surface area contributed by atoms with Gasteiger partial charge in [0, 0.05) is 18.8 Å².